The standard InChI is InChI=1S/C14H17NO4/c1-3-11(16)19-12-9(2)13(17)15(14(12)18)10-7-5-4-6-8-10/h3,10H,1,4-8H2,2H3. The van der Waals surface area contributed by atoms with Gasteiger partial charge in [-0.25, -0.2) is 4.79 Å². The van der Waals surface area contributed by atoms with E-state index in [0.717, 1.165) is 38.2 Å². The lowest BCUT2D eigenvalue weighted by molar-refractivity contribution is -0.146. The van der Waals surface area contributed by atoms with Gasteiger partial charge in [-0.15, -0.1) is 0 Å². The Hall–Kier alpha value is -1.91. The van der Waals surface area contributed by atoms with E-state index in [-0.39, 0.29) is 23.3 Å². The number of rotatable bonds is 3. The number of carbonyl (C=O) groups is 3. The fourth-order valence-corrected chi connectivity index (χ4v) is 2.57. The number of carbonyl (C=O) groups excluding carboxylic acids is 3. The van der Waals surface area contributed by atoms with Gasteiger partial charge in [0.1, 0.15) is 0 Å². The summed E-state index contributed by atoms with van der Waals surface area (Å²) in [5.41, 5.74) is 0.200. The molecule has 5 heteroatoms. The fraction of sp³-hybridized carbons (Fsp3) is 0.500. The van der Waals surface area contributed by atoms with Gasteiger partial charge in [-0.05, 0) is 19.8 Å². The highest BCUT2D eigenvalue weighted by molar-refractivity contribution is 6.19. The van der Waals surface area contributed by atoms with Crippen molar-refractivity contribution in [1.29, 1.82) is 0 Å². The van der Waals surface area contributed by atoms with Crippen molar-refractivity contribution in [3.8, 4) is 0 Å². The number of hydrogen-bond donors (Lipinski definition) is 0. The topological polar surface area (TPSA) is 63.7 Å². The van der Waals surface area contributed by atoms with E-state index in [1.54, 1.807) is 0 Å². The first-order chi connectivity index (χ1) is 9.06. The third kappa shape index (κ3) is 2.45. The van der Waals surface area contributed by atoms with Crippen LogP contribution in [0.2, 0.25) is 0 Å². The van der Waals surface area contributed by atoms with Gasteiger partial charge < -0.3 is 4.74 Å². The van der Waals surface area contributed by atoms with Crippen molar-refractivity contribution in [3.63, 3.8) is 0 Å². The molecule has 1 aliphatic heterocycles. The van der Waals surface area contributed by atoms with E-state index < -0.39 is 11.9 Å². The smallest absolute Gasteiger partial charge is 0.335 e. The first-order valence-corrected chi connectivity index (χ1v) is 6.49. The summed E-state index contributed by atoms with van der Waals surface area (Å²) < 4.78 is 4.89. The second-order valence-corrected chi connectivity index (χ2v) is 4.85. The molecule has 0 aromatic heterocycles. The summed E-state index contributed by atoms with van der Waals surface area (Å²) in [6.07, 6.45) is 5.80. The molecule has 5 nitrogen and oxygen atoms in total. The molecular formula is C14H17NO4. The molecule has 0 spiro atoms. The molecule has 19 heavy (non-hydrogen) atoms. The van der Waals surface area contributed by atoms with Gasteiger partial charge >= 0.3 is 5.97 Å². The van der Waals surface area contributed by atoms with Gasteiger partial charge in [-0.2, -0.15) is 0 Å². The van der Waals surface area contributed by atoms with Crippen LogP contribution in [0.15, 0.2) is 24.0 Å². The highest BCUT2D eigenvalue weighted by Crippen LogP contribution is 2.30. The number of hydrogen-bond acceptors (Lipinski definition) is 4. The molecule has 0 bridgehead atoms. The normalized spacial score (nSPS) is 21.0. The number of esters is 1. The summed E-state index contributed by atoms with van der Waals surface area (Å²) in [6.45, 7) is 4.78. The number of imide groups is 1. The molecule has 0 saturated heterocycles. The van der Waals surface area contributed by atoms with Crippen molar-refractivity contribution in [1.82, 2.24) is 4.90 Å². The average molecular weight is 263 g/mol. The Bertz CT molecular complexity index is 472. The maximum absolute atomic E-state index is 12.2. The Morgan fingerprint density at radius 3 is 2.47 bits per heavy atom. The molecule has 1 heterocycles. The molecule has 0 aromatic carbocycles. The largest absolute Gasteiger partial charge is 0.417 e. The molecule has 1 fully saturated rings. The minimum Gasteiger partial charge on any atom is -0.417 e. The molecule has 2 rings (SSSR count). The van der Waals surface area contributed by atoms with Crippen molar-refractivity contribution in [2.75, 3.05) is 0 Å². The molecule has 0 aromatic rings. The summed E-state index contributed by atoms with van der Waals surface area (Å²) in [6, 6.07) is -0.0661. The van der Waals surface area contributed by atoms with Crippen LogP contribution in [0.25, 0.3) is 0 Å². The van der Waals surface area contributed by atoms with Crippen molar-refractivity contribution in [2.45, 2.75) is 45.1 Å². The summed E-state index contributed by atoms with van der Waals surface area (Å²) in [5.74, 6) is -1.71. The number of nitrogens with zero attached hydrogens (tertiary/aromatic N) is 1. The summed E-state index contributed by atoms with van der Waals surface area (Å²) >= 11 is 0. The van der Waals surface area contributed by atoms with Gasteiger partial charge in [0.05, 0.1) is 5.57 Å². The van der Waals surface area contributed by atoms with Gasteiger partial charge in [0, 0.05) is 12.1 Å². The molecular weight excluding hydrogens is 246 g/mol. The number of amides is 2. The maximum Gasteiger partial charge on any atom is 0.335 e. The Balaban J connectivity index is 2.18. The molecule has 1 aliphatic carbocycles. The second kappa shape index (κ2) is 5.38. The third-order valence-electron chi connectivity index (χ3n) is 3.60. The zero-order valence-electron chi connectivity index (χ0n) is 11.0. The van der Waals surface area contributed by atoms with Crippen molar-refractivity contribution < 1.29 is 19.1 Å². The van der Waals surface area contributed by atoms with E-state index in [9.17, 15) is 14.4 Å². The van der Waals surface area contributed by atoms with Crippen LogP contribution in [0.1, 0.15) is 39.0 Å². The van der Waals surface area contributed by atoms with Gasteiger partial charge in [0.2, 0.25) is 5.76 Å². The van der Waals surface area contributed by atoms with Crippen LogP contribution in [0.4, 0.5) is 0 Å². The van der Waals surface area contributed by atoms with E-state index in [1.165, 1.54) is 11.8 Å². The van der Waals surface area contributed by atoms with Crippen molar-refractivity contribution >= 4 is 17.8 Å². The van der Waals surface area contributed by atoms with Crippen LogP contribution in [-0.2, 0) is 19.1 Å². The quantitative estimate of drug-likeness (QED) is 0.441. The maximum atomic E-state index is 12.2. The predicted octanol–water partition coefficient (Wildman–Crippen LogP) is 1.69. The zero-order valence-corrected chi connectivity index (χ0v) is 11.0. The van der Waals surface area contributed by atoms with Crippen LogP contribution in [0.5, 0.6) is 0 Å². The van der Waals surface area contributed by atoms with E-state index in [1.807, 2.05) is 0 Å². The van der Waals surface area contributed by atoms with Crippen LogP contribution in [0.3, 0.4) is 0 Å². The van der Waals surface area contributed by atoms with Crippen LogP contribution in [-0.4, -0.2) is 28.7 Å². The Kier molecular flexibility index (Phi) is 3.83. The third-order valence-corrected chi connectivity index (χ3v) is 3.60. The first-order valence-electron chi connectivity index (χ1n) is 6.49. The van der Waals surface area contributed by atoms with Crippen molar-refractivity contribution in [3.05, 3.63) is 24.0 Å². The predicted molar refractivity (Wildman–Crippen MR) is 67.7 cm³/mol. The Morgan fingerprint density at radius 2 is 1.89 bits per heavy atom. The molecule has 0 unspecified atom stereocenters. The fourth-order valence-electron chi connectivity index (χ4n) is 2.57. The summed E-state index contributed by atoms with van der Waals surface area (Å²) in [7, 11) is 0. The molecule has 0 atom stereocenters. The van der Waals surface area contributed by atoms with E-state index in [4.69, 9.17) is 4.74 Å². The monoisotopic (exact) mass is 263 g/mol. The zero-order chi connectivity index (χ0) is 14.0. The summed E-state index contributed by atoms with van der Waals surface area (Å²) in [4.78, 5) is 36.8. The van der Waals surface area contributed by atoms with Gasteiger partial charge in [-0.3, -0.25) is 14.5 Å². The van der Waals surface area contributed by atoms with E-state index in [0.29, 0.717) is 0 Å². The van der Waals surface area contributed by atoms with E-state index in [2.05, 4.69) is 6.58 Å². The first kappa shape index (κ1) is 13.5. The molecule has 0 N–H and O–H groups in total. The highest BCUT2D eigenvalue weighted by atomic mass is 16.5. The Morgan fingerprint density at radius 1 is 1.26 bits per heavy atom. The minimum atomic E-state index is -0.721. The minimum absolute atomic E-state index is 0.0661. The lowest BCUT2D eigenvalue weighted by Gasteiger charge is -2.29. The second-order valence-electron chi connectivity index (χ2n) is 4.85. The van der Waals surface area contributed by atoms with Gasteiger partial charge in [-0.1, -0.05) is 25.8 Å². The van der Waals surface area contributed by atoms with Crippen LogP contribution in [0, 0.1) is 0 Å². The van der Waals surface area contributed by atoms with Crippen LogP contribution < -0.4 is 0 Å². The lowest BCUT2D eigenvalue weighted by atomic mass is 9.94. The van der Waals surface area contributed by atoms with Crippen molar-refractivity contribution in [2.24, 2.45) is 0 Å². The van der Waals surface area contributed by atoms with Gasteiger partial charge in [0.25, 0.3) is 11.8 Å². The number of ether oxygens (including phenoxy) is 1. The SMILES string of the molecule is C=CC(=O)OC1=C(C)C(=O)N(C2CCCCC2)C1=O. The van der Waals surface area contributed by atoms with E-state index >= 15 is 0 Å². The molecule has 0 radical (unpaired) electrons. The Labute approximate surface area is 111 Å². The molecule has 2 amide bonds. The molecule has 102 valence electrons. The average Bonchev–Trinajstić information content (AvgIpc) is 2.63. The van der Waals surface area contributed by atoms with Gasteiger partial charge in [0.15, 0.2) is 0 Å². The highest BCUT2D eigenvalue weighted by Gasteiger charge is 2.42. The van der Waals surface area contributed by atoms with Crippen LogP contribution >= 0.6 is 0 Å². The lowest BCUT2D eigenvalue weighted by Crippen LogP contribution is -2.42. The molecule has 1 saturated carbocycles. The molecule has 2 aliphatic rings. The summed E-state index contributed by atoms with van der Waals surface area (Å²) in [5, 5.41) is 0.